The lowest BCUT2D eigenvalue weighted by atomic mass is 10.1. The summed E-state index contributed by atoms with van der Waals surface area (Å²) >= 11 is 0. The van der Waals surface area contributed by atoms with Crippen LogP contribution in [0.5, 0.6) is 0 Å². The molecule has 0 saturated carbocycles. The standard InChI is InChI=1S/C8H17NO2/c1-3-5-9-7(4-2)6-8(10)11/h7,9H,3-6H2,1-2H3,(H,10,11). The number of carbonyl (C=O) groups is 1. The number of hydrogen-bond acceptors (Lipinski definition) is 2. The molecule has 0 fully saturated rings. The van der Waals surface area contributed by atoms with Crippen molar-refractivity contribution in [2.45, 2.75) is 39.2 Å². The van der Waals surface area contributed by atoms with Gasteiger partial charge >= 0.3 is 5.97 Å². The second-order valence-corrected chi connectivity index (χ2v) is 2.66. The molecule has 0 heterocycles. The van der Waals surface area contributed by atoms with Crippen molar-refractivity contribution in [3.63, 3.8) is 0 Å². The largest absolute Gasteiger partial charge is 0.481 e. The second kappa shape index (κ2) is 6.16. The summed E-state index contributed by atoms with van der Waals surface area (Å²) in [5, 5.41) is 11.6. The lowest BCUT2D eigenvalue weighted by Crippen LogP contribution is -2.31. The van der Waals surface area contributed by atoms with Crippen LogP contribution in [-0.2, 0) is 4.79 Å². The third kappa shape index (κ3) is 5.85. The van der Waals surface area contributed by atoms with E-state index >= 15 is 0 Å². The molecule has 3 nitrogen and oxygen atoms in total. The van der Waals surface area contributed by atoms with Gasteiger partial charge in [0.25, 0.3) is 0 Å². The lowest BCUT2D eigenvalue weighted by molar-refractivity contribution is -0.137. The summed E-state index contributed by atoms with van der Waals surface area (Å²) in [4.78, 5) is 10.3. The van der Waals surface area contributed by atoms with E-state index in [2.05, 4.69) is 12.2 Å². The van der Waals surface area contributed by atoms with Crippen molar-refractivity contribution in [2.75, 3.05) is 6.54 Å². The fourth-order valence-electron chi connectivity index (χ4n) is 0.920. The SMILES string of the molecule is CCCNC(CC)CC(=O)O. The molecule has 0 aliphatic rings. The molecule has 1 atom stereocenters. The summed E-state index contributed by atoms with van der Waals surface area (Å²) < 4.78 is 0. The van der Waals surface area contributed by atoms with Crippen LogP contribution in [0.15, 0.2) is 0 Å². The van der Waals surface area contributed by atoms with Gasteiger partial charge in [0.1, 0.15) is 0 Å². The van der Waals surface area contributed by atoms with Gasteiger partial charge in [0.2, 0.25) is 0 Å². The minimum atomic E-state index is -0.722. The highest BCUT2D eigenvalue weighted by molar-refractivity contribution is 5.67. The van der Waals surface area contributed by atoms with E-state index in [0.29, 0.717) is 0 Å². The Balaban J connectivity index is 3.49. The van der Waals surface area contributed by atoms with Gasteiger partial charge in [-0.25, -0.2) is 0 Å². The van der Waals surface area contributed by atoms with E-state index in [4.69, 9.17) is 5.11 Å². The van der Waals surface area contributed by atoms with Gasteiger partial charge in [0, 0.05) is 6.04 Å². The molecular weight excluding hydrogens is 142 g/mol. The molecule has 66 valence electrons. The highest BCUT2D eigenvalue weighted by Crippen LogP contribution is 1.96. The summed E-state index contributed by atoms with van der Waals surface area (Å²) in [6.07, 6.45) is 2.17. The number of rotatable bonds is 6. The molecule has 0 aromatic rings. The average Bonchev–Trinajstić information content (AvgIpc) is 1.97. The topological polar surface area (TPSA) is 49.3 Å². The number of nitrogens with one attached hydrogen (secondary N) is 1. The molecule has 3 heteroatoms. The third-order valence-electron chi connectivity index (χ3n) is 1.60. The maximum Gasteiger partial charge on any atom is 0.304 e. The van der Waals surface area contributed by atoms with Crippen LogP contribution in [-0.4, -0.2) is 23.7 Å². The van der Waals surface area contributed by atoms with E-state index in [1.54, 1.807) is 0 Å². The van der Waals surface area contributed by atoms with Crippen LogP contribution in [0.2, 0.25) is 0 Å². The Morgan fingerprint density at radius 1 is 1.55 bits per heavy atom. The van der Waals surface area contributed by atoms with Crippen molar-refractivity contribution in [1.82, 2.24) is 5.32 Å². The molecule has 0 aliphatic carbocycles. The van der Waals surface area contributed by atoms with Gasteiger partial charge in [-0.15, -0.1) is 0 Å². The van der Waals surface area contributed by atoms with Crippen LogP contribution in [0.1, 0.15) is 33.1 Å². The monoisotopic (exact) mass is 159 g/mol. The third-order valence-corrected chi connectivity index (χ3v) is 1.60. The van der Waals surface area contributed by atoms with Crippen molar-refractivity contribution in [3.05, 3.63) is 0 Å². The first-order chi connectivity index (χ1) is 5.20. The molecule has 0 rings (SSSR count). The zero-order valence-electron chi connectivity index (χ0n) is 7.26. The van der Waals surface area contributed by atoms with Crippen molar-refractivity contribution < 1.29 is 9.90 Å². The van der Waals surface area contributed by atoms with Crippen LogP contribution in [0.4, 0.5) is 0 Å². The highest BCUT2D eigenvalue weighted by atomic mass is 16.4. The predicted octanol–water partition coefficient (Wildman–Crippen LogP) is 1.24. The predicted molar refractivity (Wildman–Crippen MR) is 44.6 cm³/mol. The zero-order chi connectivity index (χ0) is 8.69. The Bertz CT molecular complexity index is 115. The summed E-state index contributed by atoms with van der Waals surface area (Å²) in [7, 11) is 0. The molecule has 0 aliphatic heterocycles. The van der Waals surface area contributed by atoms with E-state index < -0.39 is 5.97 Å². The molecule has 0 aromatic carbocycles. The molecule has 2 N–H and O–H groups in total. The van der Waals surface area contributed by atoms with Crippen molar-refractivity contribution in [3.8, 4) is 0 Å². The first-order valence-corrected chi connectivity index (χ1v) is 4.15. The van der Waals surface area contributed by atoms with Gasteiger partial charge in [-0.1, -0.05) is 13.8 Å². The lowest BCUT2D eigenvalue weighted by Gasteiger charge is -2.13. The minimum absolute atomic E-state index is 0.146. The Labute approximate surface area is 67.8 Å². The molecule has 11 heavy (non-hydrogen) atoms. The molecule has 0 saturated heterocycles. The first-order valence-electron chi connectivity index (χ1n) is 4.15. The molecule has 0 spiro atoms. The van der Waals surface area contributed by atoms with Gasteiger partial charge in [0.05, 0.1) is 6.42 Å². The number of carboxylic acids is 1. The molecule has 0 radical (unpaired) electrons. The molecule has 1 unspecified atom stereocenters. The first kappa shape index (κ1) is 10.4. The Hall–Kier alpha value is -0.570. The average molecular weight is 159 g/mol. The molecular formula is C8H17NO2. The zero-order valence-corrected chi connectivity index (χ0v) is 7.26. The van der Waals surface area contributed by atoms with Crippen LogP contribution in [0.25, 0.3) is 0 Å². The van der Waals surface area contributed by atoms with E-state index in [9.17, 15) is 4.79 Å². The van der Waals surface area contributed by atoms with Crippen LogP contribution < -0.4 is 5.32 Å². The van der Waals surface area contributed by atoms with E-state index in [-0.39, 0.29) is 12.5 Å². The molecule has 0 aromatic heterocycles. The number of carboxylic acid groups (broad SMARTS) is 1. The van der Waals surface area contributed by atoms with E-state index in [0.717, 1.165) is 19.4 Å². The van der Waals surface area contributed by atoms with Crippen molar-refractivity contribution in [2.24, 2.45) is 0 Å². The highest BCUT2D eigenvalue weighted by Gasteiger charge is 2.08. The molecule has 0 bridgehead atoms. The number of hydrogen-bond donors (Lipinski definition) is 2. The maximum absolute atomic E-state index is 10.3. The van der Waals surface area contributed by atoms with Crippen LogP contribution in [0, 0.1) is 0 Å². The minimum Gasteiger partial charge on any atom is -0.481 e. The Morgan fingerprint density at radius 3 is 2.55 bits per heavy atom. The van der Waals surface area contributed by atoms with Gasteiger partial charge in [0.15, 0.2) is 0 Å². The Morgan fingerprint density at radius 2 is 2.18 bits per heavy atom. The van der Waals surface area contributed by atoms with Crippen molar-refractivity contribution in [1.29, 1.82) is 0 Å². The normalized spacial score (nSPS) is 12.9. The summed E-state index contributed by atoms with van der Waals surface area (Å²) in [5.41, 5.74) is 0. The maximum atomic E-state index is 10.3. The van der Waals surface area contributed by atoms with Gasteiger partial charge < -0.3 is 10.4 Å². The van der Waals surface area contributed by atoms with E-state index in [1.807, 2.05) is 6.92 Å². The van der Waals surface area contributed by atoms with Gasteiger partial charge in [-0.3, -0.25) is 4.79 Å². The summed E-state index contributed by atoms with van der Waals surface area (Å²) in [5.74, 6) is -0.722. The summed E-state index contributed by atoms with van der Waals surface area (Å²) in [6, 6.07) is 0.146. The van der Waals surface area contributed by atoms with Gasteiger partial charge in [-0.05, 0) is 19.4 Å². The summed E-state index contributed by atoms with van der Waals surface area (Å²) in [6.45, 7) is 4.97. The van der Waals surface area contributed by atoms with Crippen molar-refractivity contribution >= 4 is 5.97 Å². The number of aliphatic carboxylic acids is 1. The smallest absolute Gasteiger partial charge is 0.304 e. The van der Waals surface area contributed by atoms with Crippen LogP contribution in [0.3, 0.4) is 0 Å². The van der Waals surface area contributed by atoms with E-state index in [1.165, 1.54) is 0 Å². The quantitative estimate of drug-likeness (QED) is 0.613. The fourth-order valence-corrected chi connectivity index (χ4v) is 0.920. The second-order valence-electron chi connectivity index (χ2n) is 2.66. The molecule has 0 amide bonds. The Kier molecular flexibility index (Phi) is 5.84. The fraction of sp³-hybridized carbons (Fsp3) is 0.875. The van der Waals surface area contributed by atoms with Gasteiger partial charge in [-0.2, -0.15) is 0 Å². The van der Waals surface area contributed by atoms with Crippen LogP contribution >= 0.6 is 0 Å².